The molecule has 1 unspecified atom stereocenters. The molecule has 0 spiro atoms. The van der Waals surface area contributed by atoms with Crippen LogP contribution in [-0.2, 0) is 13.3 Å². The molecule has 0 N–H and O–H groups in total. The molecule has 5 heteroatoms. The number of nitrogens with zero attached hydrogens (tertiary/aromatic N) is 1. The van der Waals surface area contributed by atoms with Gasteiger partial charge in [0.25, 0.3) is 0 Å². The Bertz CT molecular complexity index is 399. The van der Waals surface area contributed by atoms with Gasteiger partial charge in [-0.05, 0) is 18.4 Å². The zero-order valence-corrected chi connectivity index (χ0v) is 14.5. The van der Waals surface area contributed by atoms with Gasteiger partial charge in [-0.25, -0.2) is 0 Å². The van der Waals surface area contributed by atoms with Gasteiger partial charge in [-0.15, -0.1) is 0 Å². The molecule has 0 aromatic heterocycles. The summed E-state index contributed by atoms with van der Waals surface area (Å²) in [5, 5.41) is 0. The van der Waals surface area contributed by atoms with Crippen molar-refractivity contribution in [3.63, 3.8) is 0 Å². The Hall–Kier alpha value is -1.01. The van der Waals surface area contributed by atoms with Crippen molar-refractivity contribution in [3.05, 3.63) is 35.9 Å². The smallest absolute Gasteiger partial charge is 0.377 e. The molecule has 118 valence electrons. The maximum Gasteiger partial charge on any atom is 0.503 e. The Balaban J connectivity index is 2.60. The minimum absolute atomic E-state index is 0.287. The van der Waals surface area contributed by atoms with Crippen molar-refractivity contribution in [1.82, 2.24) is 0 Å². The van der Waals surface area contributed by atoms with E-state index in [9.17, 15) is 0 Å². The Labute approximate surface area is 129 Å². The normalized spacial score (nSPS) is 13.7. The van der Waals surface area contributed by atoms with Gasteiger partial charge >= 0.3 is 8.80 Å². The lowest BCUT2D eigenvalue weighted by molar-refractivity contribution is 0.108. The molecule has 4 nitrogen and oxygen atoms in total. The predicted molar refractivity (Wildman–Crippen MR) is 89.0 cm³/mol. The molecule has 21 heavy (non-hydrogen) atoms. The van der Waals surface area contributed by atoms with Crippen LogP contribution in [0.2, 0.25) is 5.54 Å². The fourth-order valence-corrected chi connectivity index (χ4v) is 5.16. The molecule has 0 aliphatic carbocycles. The highest BCUT2D eigenvalue weighted by Gasteiger charge is 2.46. The lowest BCUT2D eigenvalue weighted by Crippen LogP contribution is -2.48. The first kappa shape index (κ1) is 18.0. The van der Waals surface area contributed by atoms with E-state index < -0.39 is 8.80 Å². The molecule has 0 radical (unpaired) electrons. The zero-order chi connectivity index (χ0) is 15.6. The van der Waals surface area contributed by atoms with E-state index in [0.717, 1.165) is 31.4 Å². The summed E-state index contributed by atoms with van der Waals surface area (Å²) in [7, 11) is 2.46. The second-order valence-electron chi connectivity index (χ2n) is 4.94. The summed E-state index contributed by atoms with van der Waals surface area (Å²) in [6.07, 6.45) is 4.94. The summed E-state index contributed by atoms with van der Waals surface area (Å²) in [4.78, 5) is 4.51. The van der Waals surface area contributed by atoms with E-state index in [0.29, 0.717) is 0 Å². The lowest BCUT2D eigenvalue weighted by atomic mass is 10.2. The summed E-state index contributed by atoms with van der Waals surface area (Å²) >= 11 is 0. The lowest BCUT2D eigenvalue weighted by Gasteiger charge is -2.32. The molecule has 0 aliphatic heterocycles. The summed E-state index contributed by atoms with van der Waals surface area (Å²) in [6.45, 7) is 2.92. The van der Waals surface area contributed by atoms with Crippen LogP contribution in [0.25, 0.3) is 0 Å². The molecular weight excluding hydrogens is 282 g/mol. The maximum absolute atomic E-state index is 5.61. The number of hydrogen-bond donors (Lipinski definition) is 0. The van der Waals surface area contributed by atoms with E-state index in [2.05, 4.69) is 11.9 Å². The molecule has 1 atom stereocenters. The van der Waals surface area contributed by atoms with Gasteiger partial charge in [-0.2, -0.15) is 0 Å². The van der Waals surface area contributed by atoms with Crippen molar-refractivity contribution in [1.29, 1.82) is 0 Å². The molecule has 0 aliphatic rings. The number of hydrogen-bond acceptors (Lipinski definition) is 4. The van der Waals surface area contributed by atoms with Gasteiger partial charge in [0.15, 0.2) is 0 Å². The fourth-order valence-electron chi connectivity index (χ4n) is 2.54. The van der Waals surface area contributed by atoms with E-state index in [-0.39, 0.29) is 5.54 Å². The summed E-state index contributed by atoms with van der Waals surface area (Å²) in [6, 6.07) is 10.1. The Morgan fingerprint density at radius 3 is 2.19 bits per heavy atom. The summed E-state index contributed by atoms with van der Waals surface area (Å²) < 4.78 is 16.8. The van der Waals surface area contributed by atoms with E-state index >= 15 is 0 Å². The maximum atomic E-state index is 5.61. The SMILES string of the molecule is CCCC(CCN=Cc1ccccc1)[Si](OC)(OC)OC. The first-order chi connectivity index (χ1) is 10.2. The van der Waals surface area contributed by atoms with Crippen LogP contribution < -0.4 is 0 Å². The first-order valence-corrected chi connectivity index (χ1v) is 9.23. The molecule has 1 rings (SSSR count). The Morgan fingerprint density at radius 1 is 1.05 bits per heavy atom. The third-order valence-corrected chi connectivity index (χ3v) is 6.92. The van der Waals surface area contributed by atoms with Crippen LogP contribution in [0.1, 0.15) is 31.7 Å². The second kappa shape index (κ2) is 9.84. The van der Waals surface area contributed by atoms with Crippen LogP contribution in [0.15, 0.2) is 35.3 Å². The minimum atomic E-state index is -2.57. The van der Waals surface area contributed by atoms with E-state index in [1.54, 1.807) is 21.3 Å². The molecule has 0 saturated heterocycles. The van der Waals surface area contributed by atoms with Crippen molar-refractivity contribution in [3.8, 4) is 0 Å². The average molecular weight is 309 g/mol. The van der Waals surface area contributed by atoms with Crippen LogP contribution in [0, 0.1) is 0 Å². The third-order valence-electron chi connectivity index (χ3n) is 3.64. The molecule has 1 aromatic carbocycles. The fraction of sp³-hybridized carbons (Fsp3) is 0.562. The van der Waals surface area contributed by atoms with Crippen LogP contribution in [-0.4, -0.2) is 42.9 Å². The van der Waals surface area contributed by atoms with Crippen LogP contribution in [0.3, 0.4) is 0 Å². The highest BCUT2D eigenvalue weighted by Crippen LogP contribution is 2.32. The Morgan fingerprint density at radius 2 is 1.67 bits per heavy atom. The van der Waals surface area contributed by atoms with Crippen LogP contribution >= 0.6 is 0 Å². The van der Waals surface area contributed by atoms with Gasteiger partial charge in [0.1, 0.15) is 0 Å². The predicted octanol–water partition coefficient (Wildman–Crippen LogP) is 3.54. The number of rotatable bonds is 10. The highest BCUT2D eigenvalue weighted by atomic mass is 28.4. The quantitative estimate of drug-likeness (QED) is 0.490. The standard InChI is InChI=1S/C16H27NO3Si/c1-5-9-16(21(18-2,19-3)20-4)12-13-17-14-15-10-7-6-8-11-15/h6-8,10-11,14,16H,5,9,12-13H2,1-4H3. The summed E-state index contributed by atoms with van der Waals surface area (Å²) in [5.41, 5.74) is 1.41. The summed E-state index contributed by atoms with van der Waals surface area (Å²) in [5.74, 6) is 0. The molecule has 1 aromatic rings. The van der Waals surface area contributed by atoms with Gasteiger partial charge < -0.3 is 13.3 Å². The first-order valence-electron chi connectivity index (χ1n) is 7.42. The highest BCUT2D eigenvalue weighted by molar-refractivity contribution is 6.62. The van der Waals surface area contributed by atoms with E-state index in [1.165, 1.54) is 0 Å². The van der Waals surface area contributed by atoms with Gasteiger partial charge in [0.2, 0.25) is 0 Å². The molecule has 0 bridgehead atoms. The van der Waals surface area contributed by atoms with Crippen molar-refractivity contribution in [2.75, 3.05) is 27.9 Å². The van der Waals surface area contributed by atoms with Crippen molar-refractivity contribution in [2.24, 2.45) is 4.99 Å². The van der Waals surface area contributed by atoms with Crippen molar-refractivity contribution < 1.29 is 13.3 Å². The molecule has 0 saturated carbocycles. The molecule has 0 heterocycles. The zero-order valence-electron chi connectivity index (χ0n) is 13.5. The topological polar surface area (TPSA) is 40.0 Å². The third kappa shape index (κ3) is 5.35. The van der Waals surface area contributed by atoms with E-state index in [1.807, 2.05) is 36.5 Å². The van der Waals surface area contributed by atoms with Gasteiger partial charge in [-0.3, -0.25) is 4.99 Å². The number of aliphatic imine (C=N–C) groups is 1. The molecular formula is C16H27NO3Si. The van der Waals surface area contributed by atoms with E-state index in [4.69, 9.17) is 13.3 Å². The van der Waals surface area contributed by atoms with Crippen LogP contribution in [0.4, 0.5) is 0 Å². The molecule has 0 fully saturated rings. The number of benzene rings is 1. The van der Waals surface area contributed by atoms with Crippen molar-refractivity contribution in [2.45, 2.75) is 31.7 Å². The monoisotopic (exact) mass is 309 g/mol. The molecule has 0 amide bonds. The van der Waals surface area contributed by atoms with Gasteiger partial charge in [0.05, 0.1) is 0 Å². The van der Waals surface area contributed by atoms with Gasteiger partial charge in [-0.1, -0.05) is 43.7 Å². The van der Waals surface area contributed by atoms with Crippen LogP contribution in [0.5, 0.6) is 0 Å². The van der Waals surface area contributed by atoms with Crippen molar-refractivity contribution >= 4 is 15.0 Å². The minimum Gasteiger partial charge on any atom is -0.377 e. The Kier molecular flexibility index (Phi) is 8.45. The largest absolute Gasteiger partial charge is 0.503 e. The van der Waals surface area contributed by atoms with Gasteiger partial charge in [0, 0.05) is 39.6 Å². The average Bonchev–Trinajstić information content (AvgIpc) is 2.54. The second-order valence-corrected chi connectivity index (χ2v) is 8.18.